The predicted octanol–water partition coefficient (Wildman–Crippen LogP) is 4.69. The predicted molar refractivity (Wildman–Crippen MR) is 173 cm³/mol. The molecule has 2 aliphatic heterocycles. The maximum atomic E-state index is 17.1. The summed E-state index contributed by atoms with van der Waals surface area (Å²) in [6.45, 7) is 4.07. The van der Waals surface area contributed by atoms with Gasteiger partial charge in [0.1, 0.15) is 24.0 Å². The second-order valence-electron chi connectivity index (χ2n) is 13.0. The molecule has 0 amide bonds. The summed E-state index contributed by atoms with van der Waals surface area (Å²) in [5.41, 5.74) is -1.78. The first kappa shape index (κ1) is 32.6. The molecule has 2 aliphatic carbocycles. The van der Waals surface area contributed by atoms with Crippen molar-refractivity contribution in [2.24, 2.45) is 13.0 Å². The van der Waals surface area contributed by atoms with E-state index >= 15 is 4.39 Å². The summed E-state index contributed by atoms with van der Waals surface area (Å²) >= 11 is 0. The van der Waals surface area contributed by atoms with Gasteiger partial charge in [0, 0.05) is 36.1 Å². The minimum atomic E-state index is -4.47. The number of fused-ring (bicyclic) bond motifs is 5. The first-order valence-electron chi connectivity index (χ1n) is 16.1. The summed E-state index contributed by atoms with van der Waals surface area (Å²) in [5, 5.41) is 3.51. The number of halogens is 1. The molecule has 0 radical (unpaired) electrons. The average molecular weight is 685 g/mol. The number of benzene rings is 1. The zero-order valence-corrected chi connectivity index (χ0v) is 27.9. The third kappa shape index (κ3) is 5.64. The molecule has 256 valence electrons. The van der Waals surface area contributed by atoms with E-state index in [1.807, 2.05) is 55.0 Å². The lowest BCUT2D eigenvalue weighted by molar-refractivity contribution is -0.150. The minimum absolute atomic E-state index is 0.0487. The number of hydrogen-bond acceptors (Lipinski definition) is 9. The summed E-state index contributed by atoms with van der Waals surface area (Å²) in [4.78, 5) is 39.8. The van der Waals surface area contributed by atoms with Crippen molar-refractivity contribution < 1.29 is 37.0 Å². The van der Waals surface area contributed by atoms with Crippen LogP contribution < -0.4 is 16.3 Å². The van der Waals surface area contributed by atoms with Crippen LogP contribution in [0.1, 0.15) is 63.9 Å². The van der Waals surface area contributed by atoms with Crippen LogP contribution in [0.2, 0.25) is 0 Å². The number of aryl methyl sites for hydroxylation is 1. The van der Waals surface area contributed by atoms with Crippen molar-refractivity contribution >= 4 is 36.5 Å². The standard InChI is InChI=1S/C33H38FN4O9P/c1-18-13-14-23-26(21-11-7-8-12-22(21)37(23)4)28-27(18)46-29-24(45-31(33(29,3)34)38-16-15-25(39)35-32(38)41)17-43-48(42,47-28)36-19(2)30(40)44-20-9-5-6-10-20/h7-8,11-16,18-20,24,29,31H,5-6,9-10,17H2,1-4H3,(H,36,42)(H,35,39,41)/t18?,19-,24+,29+,31+,33+,48?/m0/s1. The van der Waals surface area contributed by atoms with Gasteiger partial charge < -0.3 is 23.3 Å². The van der Waals surface area contributed by atoms with Crippen LogP contribution in [0, 0.1) is 5.92 Å². The Labute approximate surface area is 275 Å². The van der Waals surface area contributed by atoms with Crippen LogP contribution >= 0.6 is 7.75 Å². The fourth-order valence-corrected chi connectivity index (χ4v) is 8.50. The molecule has 4 heterocycles. The van der Waals surface area contributed by atoms with E-state index in [4.69, 9.17) is 23.3 Å². The fraction of sp³-hybridized carbons (Fsp3) is 0.485. The third-order valence-corrected chi connectivity index (χ3v) is 11.1. The summed E-state index contributed by atoms with van der Waals surface area (Å²) in [7, 11) is -2.58. The second kappa shape index (κ2) is 12.2. The van der Waals surface area contributed by atoms with Crippen LogP contribution in [0.5, 0.6) is 0 Å². The zero-order valence-electron chi connectivity index (χ0n) is 27.0. The van der Waals surface area contributed by atoms with E-state index in [0.717, 1.165) is 59.1 Å². The molecule has 1 saturated carbocycles. The van der Waals surface area contributed by atoms with Gasteiger partial charge in [0.05, 0.1) is 17.9 Å². The molecular weight excluding hydrogens is 646 g/mol. The first-order valence-corrected chi connectivity index (χ1v) is 17.7. The number of H-pyrrole nitrogens is 1. The van der Waals surface area contributed by atoms with Gasteiger partial charge in [0.15, 0.2) is 23.8 Å². The van der Waals surface area contributed by atoms with E-state index in [0.29, 0.717) is 5.56 Å². The third-order valence-electron chi connectivity index (χ3n) is 9.51. The quantitative estimate of drug-likeness (QED) is 0.286. The lowest BCUT2D eigenvalue weighted by Gasteiger charge is -2.30. The number of hydrogen-bond donors (Lipinski definition) is 2. The van der Waals surface area contributed by atoms with Crippen molar-refractivity contribution in [2.45, 2.75) is 82.7 Å². The molecule has 0 spiro atoms. The van der Waals surface area contributed by atoms with Crippen molar-refractivity contribution in [3.63, 3.8) is 0 Å². The Balaban J connectivity index is 1.35. The van der Waals surface area contributed by atoms with Gasteiger partial charge in [-0.2, -0.15) is 5.09 Å². The van der Waals surface area contributed by atoms with Crippen molar-refractivity contribution in [2.75, 3.05) is 6.61 Å². The van der Waals surface area contributed by atoms with Crippen LogP contribution in [0.3, 0.4) is 0 Å². The molecule has 1 saturated heterocycles. The Kier molecular flexibility index (Phi) is 8.26. The second-order valence-corrected chi connectivity index (χ2v) is 14.7. The summed E-state index contributed by atoms with van der Waals surface area (Å²) in [6.07, 6.45) is 3.99. The average Bonchev–Trinajstić information content (AvgIpc) is 3.70. The topological polar surface area (TPSA) is 152 Å². The molecule has 1 aromatic carbocycles. The zero-order chi connectivity index (χ0) is 34.0. The van der Waals surface area contributed by atoms with E-state index in [9.17, 15) is 18.9 Å². The largest absolute Gasteiger partial charge is 0.484 e. The summed E-state index contributed by atoms with van der Waals surface area (Å²) in [5.74, 6) is -0.923. The highest BCUT2D eigenvalue weighted by Crippen LogP contribution is 2.55. The molecule has 2 aromatic heterocycles. The highest BCUT2D eigenvalue weighted by atomic mass is 31.2. The Morgan fingerprint density at radius 1 is 1.21 bits per heavy atom. The summed E-state index contributed by atoms with van der Waals surface area (Å²) in [6, 6.07) is 7.55. The van der Waals surface area contributed by atoms with E-state index in [2.05, 4.69) is 10.1 Å². The number of ether oxygens (including phenoxy) is 3. The SMILES string of the molecule is CC1C=Cc2c(c3ccccc3n2C)C2=C1O[C@@H]1[C@@H](COP(=O)(N[C@@H](C)C(=O)OC3CCCC3)O2)O[C@@H](n2ccc(=O)[nH]c2=O)[C@]1(C)F. The molecule has 13 nitrogen and oxygen atoms in total. The maximum absolute atomic E-state index is 17.1. The number of carbonyl (C=O) groups is 1. The number of carbonyl (C=O) groups excluding carboxylic acids is 1. The van der Waals surface area contributed by atoms with Crippen LogP contribution in [-0.2, 0) is 39.7 Å². The number of esters is 1. The molecule has 3 aromatic rings. The summed E-state index contributed by atoms with van der Waals surface area (Å²) < 4.78 is 65.4. The number of nitrogens with one attached hydrogen (secondary N) is 2. The van der Waals surface area contributed by atoms with Crippen molar-refractivity contribution in [1.82, 2.24) is 19.2 Å². The van der Waals surface area contributed by atoms with Gasteiger partial charge in [-0.05, 0) is 51.7 Å². The number of aromatic amines is 1. The molecular formula is C33H38FN4O9P. The molecule has 2 N–H and O–H groups in total. The van der Waals surface area contributed by atoms with E-state index < -0.39 is 67.6 Å². The Hall–Kier alpha value is -3.97. The number of aromatic nitrogens is 3. The monoisotopic (exact) mass is 684 g/mol. The number of para-hydroxylation sites is 1. The van der Waals surface area contributed by atoms with Gasteiger partial charge in [0.2, 0.25) is 0 Å². The molecule has 2 fully saturated rings. The van der Waals surface area contributed by atoms with Gasteiger partial charge in [-0.3, -0.25) is 23.7 Å². The number of nitrogens with zero attached hydrogens (tertiary/aromatic N) is 2. The molecule has 4 aliphatic rings. The van der Waals surface area contributed by atoms with E-state index in [-0.39, 0.29) is 17.6 Å². The normalized spacial score (nSPS) is 31.0. The van der Waals surface area contributed by atoms with Gasteiger partial charge >= 0.3 is 19.4 Å². The lowest BCUT2D eigenvalue weighted by atomic mass is 9.97. The fourth-order valence-electron chi connectivity index (χ4n) is 6.97. The van der Waals surface area contributed by atoms with Crippen LogP contribution in [0.15, 0.2) is 58.0 Å². The van der Waals surface area contributed by atoms with Crippen molar-refractivity contribution in [1.29, 1.82) is 0 Å². The Morgan fingerprint density at radius 3 is 2.71 bits per heavy atom. The van der Waals surface area contributed by atoms with Gasteiger partial charge in [-0.25, -0.2) is 13.8 Å². The van der Waals surface area contributed by atoms with Crippen molar-refractivity contribution in [3.05, 3.63) is 80.5 Å². The molecule has 7 rings (SSSR count). The van der Waals surface area contributed by atoms with E-state index in [1.54, 1.807) is 0 Å². The van der Waals surface area contributed by atoms with Gasteiger partial charge in [-0.1, -0.05) is 31.2 Å². The smallest absolute Gasteiger partial charge is 0.459 e. The number of allylic oxidation sites excluding steroid dienone is 1. The van der Waals surface area contributed by atoms with E-state index in [1.165, 1.54) is 13.8 Å². The van der Waals surface area contributed by atoms with Crippen LogP contribution in [0.4, 0.5) is 4.39 Å². The molecule has 0 bridgehead atoms. The number of alkyl halides is 1. The van der Waals surface area contributed by atoms with Gasteiger partial charge in [0.25, 0.3) is 5.56 Å². The number of rotatable bonds is 5. The lowest BCUT2D eigenvalue weighted by Crippen LogP contribution is -2.45. The highest BCUT2D eigenvalue weighted by Gasteiger charge is 2.59. The molecule has 15 heteroatoms. The maximum Gasteiger partial charge on any atom is 0.459 e. The molecule has 2 unspecified atom stereocenters. The molecule has 48 heavy (non-hydrogen) atoms. The van der Waals surface area contributed by atoms with Gasteiger partial charge in [-0.15, -0.1) is 0 Å². The van der Waals surface area contributed by atoms with Crippen molar-refractivity contribution in [3.8, 4) is 0 Å². The minimum Gasteiger partial charge on any atom is -0.484 e. The first-order chi connectivity index (χ1) is 22.9. The molecule has 7 atom stereocenters. The Morgan fingerprint density at radius 2 is 1.96 bits per heavy atom. The van der Waals surface area contributed by atoms with Crippen LogP contribution in [0.25, 0.3) is 22.7 Å². The van der Waals surface area contributed by atoms with Crippen LogP contribution in [-0.4, -0.2) is 56.7 Å². The Bertz CT molecular complexity index is 1990. The highest BCUT2D eigenvalue weighted by molar-refractivity contribution is 7.52.